The van der Waals surface area contributed by atoms with Crippen molar-refractivity contribution in [1.29, 1.82) is 0 Å². The molecule has 6 heteroatoms. The Morgan fingerprint density at radius 1 is 0.818 bits per heavy atom. The minimum Gasteiger partial charge on any atom is -0.324 e. The first-order valence-electron chi connectivity index (χ1n) is 12.4. The highest BCUT2D eigenvalue weighted by atomic mass is 16.2. The highest BCUT2D eigenvalue weighted by Gasteiger charge is 2.48. The normalized spacial score (nSPS) is 15.9. The quantitative estimate of drug-likeness (QED) is 0.411. The van der Waals surface area contributed by atoms with Gasteiger partial charge in [-0.15, -0.1) is 0 Å². The predicted octanol–water partition coefficient (Wildman–Crippen LogP) is 6.59. The van der Waals surface area contributed by atoms with Gasteiger partial charge in [-0.1, -0.05) is 73.8 Å². The molecule has 3 N–H and O–H groups in total. The van der Waals surface area contributed by atoms with Gasteiger partial charge in [-0.05, 0) is 42.2 Å². The SMILES string of the molecule is CC(C)CC(=O)Nc1cccc(NC(=O)CC(C)C)c1NC(=O)C1(C(C)(C)C)CCCCC1. The molecule has 0 atom stereocenters. The molecule has 1 aliphatic carbocycles. The fourth-order valence-corrected chi connectivity index (χ4v) is 4.75. The largest absolute Gasteiger partial charge is 0.324 e. The summed E-state index contributed by atoms with van der Waals surface area (Å²) < 4.78 is 0. The number of hydrogen-bond donors (Lipinski definition) is 3. The Kier molecular flexibility index (Phi) is 9.10. The van der Waals surface area contributed by atoms with Crippen LogP contribution in [0, 0.1) is 22.7 Å². The summed E-state index contributed by atoms with van der Waals surface area (Å²) in [5, 5.41) is 9.05. The summed E-state index contributed by atoms with van der Waals surface area (Å²) in [6, 6.07) is 5.33. The van der Waals surface area contributed by atoms with Crippen LogP contribution in [0.2, 0.25) is 0 Å². The monoisotopic (exact) mass is 457 g/mol. The van der Waals surface area contributed by atoms with E-state index in [1.807, 2.05) is 27.7 Å². The average Bonchev–Trinajstić information content (AvgIpc) is 2.68. The molecule has 0 saturated heterocycles. The van der Waals surface area contributed by atoms with Gasteiger partial charge < -0.3 is 16.0 Å². The average molecular weight is 458 g/mol. The summed E-state index contributed by atoms with van der Waals surface area (Å²) in [5.74, 6) is 0.148. The van der Waals surface area contributed by atoms with Gasteiger partial charge in [0.1, 0.15) is 0 Å². The lowest BCUT2D eigenvalue weighted by Gasteiger charge is -2.46. The number of amides is 3. The van der Waals surface area contributed by atoms with Crippen molar-refractivity contribution in [3.8, 4) is 0 Å². The highest BCUT2D eigenvalue weighted by Crippen LogP contribution is 2.50. The number of rotatable bonds is 8. The number of hydrogen-bond acceptors (Lipinski definition) is 3. The van der Waals surface area contributed by atoms with E-state index in [1.54, 1.807) is 18.2 Å². The molecule has 3 amide bonds. The first-order chi connectivity index (χ1) is 15.4. The maximum atomic E-state index is 13.8. The van der Waals surface area contributed by atoms with Crippen molar-refractivity contribution in [2.45, 2.75) is 93.4 Å². The van der Waals surface area contributed by atoms with Crippen LogP contribution in [0.4, 0.5) is 17.1 Å². The molecule has 2 rings (SSSR count). The molecule has 1 aromatic rings. The van der Waals surface area contributed by atoms with Crippen molar-refractivity contribution in [2.75, 3.05) is 16.0 Å². The van der Waals surface area contributed by atoms with Crippen molar-refractivity contribution in [2.24, 2.45) is 22.7 Å². The van der Waals surface area contributed by atoms with Gasteiger partial charge in [-0.3, -0.25) is 14.4 Å². The van der Waals surface area contributed by atoms with Crippen LogP contribution in [0.3, 0.4) is 0 Å². The number of carbonyl (C=O) groups is 3. The van der Waals surface area contributed by atoms with E-state index in [1.165, 1.54) is 0 Å². The molecule has 0 bridgehead atoms. The standard InChI is InChI=1S/C27H43N3O3/c1-18(2)16-22(31)28-20-12-11-13-21(29-23(32)17-19(3)4)24(20)30-25(33)27(26(5,6)7)14-9-8-10-15-27/h11-13,18-19H,8-10,14-17H2,1-7H3,(H,28,31)(H,29,32)(H,30,33). The topological polar surface area (TPSA) is 87.3 Å². The lowest BCUT2D eigenvalue weighted by Crippen LogP contribution is -2.47. The molecule has 0 radical (unpaired) electrons. The lowest BCUT2D eigenvalue weighted by molar-refractivity contribution is -0.135. The van der Waals surface area contributed by atoms with E-state index in [9.17, 15) is 14.4 Å². The van der Waals surface area contributed by atoms with Gasteiger partial charge in [0.25, 0.3) is 0 Å². The van der Waals surface area contributed by atoms with Gasteiger partial charge >= 0.3 is 0 Å². The van der Waals surface area contributed by atoms with E-state index >= 15 is 0 Å². The van der Waals surface area contributed by atoms with Crippen LogP contribution in [-0.2, 0) is 14.4 Å². The number of benzene rings is 1. The van der Waals surface area contributed by atoms with E-state index in [-0.39, 0.29) is 35.0 Å². The Morgan fingerprint density at radius 3 is 1.67 bits per heavy atom. The maximum Gasteiger partial charge on any atom is 0.231 e. The maximum absolute atomic E-state index is 13.8. The van der Waals surface area contributed by atoms with Crippen LogP contribution in [0.1, 0.15) is 93.4 Å². The Labute approximate surface area is 199 Å². The summed E-state index contributed by atoms with van der Waals surface area (Å²) >= 11 is 0. The van der Waals surface area contributed by atoms with Crippen LogP contribution >= 0.6 is 0 Å². The molecule has 184 valence electrons. The van der Waals surface area contributed by atoms with E-state index in [0.29, 0.717) is 29.9 Å². The molecule has 0 unspecified atom stereocenters. The van der Waals surface area contributed by atoms with Gasteiger partial charge in [0.2, 0.25) is 17.7 Å². The molecular formula is C27H43N3O3. The summed E-state index contributed by atoms with van der Waals surface area (Å²) in [6.45, 7) is 14.3. The predicted molar refractivity (Wildman–Crippen MR) is 136 cm³/mol. The molecular weight excluding hydrogens is 414 g/mol. The summed E-state index contributed by atoms with van der Waals surface area (Å²) in [7, 11) is 0. The molecule has 1 saturated carbocycles. The van der Waals surface area contributed by atoms with Gasteiger partial charge in [0.15, 0.2) is 0 Å². The second kappa shape index (κ2) is 11.2. The smallest absolute Gasteiger partial charge is 0.231 e. The second-order valence-electron chi connectivity index (χ2n) is 11.4. The van der Waals surface area contributed by atoms with Crippen molar-refractivity contribution < 1.29 is 14.4 Å². The van der Waals surface area contributed by atoms with Crippen LogP contribution in [0.15, 0.2) is 18.2 Å². The summed E-state index contributed by atoms with van der Waals surface area (Å²) in [6.07, 6.45) is 5.61. The van der Waals surface area contributed by atoms with Crippen LogP contribution in [0.5, 0.6) is 0 Å². The fraction of sp³-hybridized carbons (Fsp3) is 0.667. The third-order valence-electron chi connectivity index (χ3n) is 6.62. The number of nitrogens with one attached hydrogen (secondary N) is 3. The molecule has 0 aromatic heterocycles. The minimum atomic E-state index is -0.500. The van der Waals surface area contributed by atoms with Crippen molar-refractivity contribution in [1.82, 2.24) is 0 Å². The van der Waals surface area contributed by atoms with Crippen LogP contribution in [-0.4, -0.2) is 17.7 Å². The third kappa shape index (κ3) is 7.05. The molecule has 0 aliphatic heterocycles. The van der Waals surface area contributed by atoms with E-state index in [0.717, 1.165) is 32.1 Å². The first-order valence-corrected chi connectivity index (χ1v) is 12.4. The minimum absolute atomic E-state index is 0.0420. The lowest BCUT2D eigenvalue weighted by atomic mass is 9.59. The third-order valence-corrected chi connectivity index (χ3v) is 6.62. The second-order valence-corrected chi connectivity index (χ2v) is 11.4. The van der Waals surface area contributed by atoms with Gasteiger partial charge in [0.05, 0.1) is 22.5 Å². The molecule has 33 heavy (non-hydrogen) atoms. The Hall–Kier alpha value is -2.37. The van der Waals surface area contributed by atoms with Crippen molar-refractivity contribution in [3.63, 3.8) is 0 Å². The van der Waals surface area contributed by atoms with Crippen LogP contribution < -0.4 is 16.0 Å². The van der Waals surface area contributed by atoms with Crippen LogP contribution in [0.25, 0.3) is 0 Å². The Bertz CT molecular complexity index is 804. The zero-order valence-corrected chi connectivity index (χ0v) is 21.6. The Balaban J connectivity index is 2.44. The summed E-state index contributed by atoms with van der Waals surface area (Å²) in [5.41, 5.74) is 0.770. The molecule has 0 heterocycles. The summed E-state index contributed by atoms with van der Waals surface area (Å²) in [4.78, 5) is 38.9. The first kappa shape index (κ1) is 26.9. The molecule has 6 nitrogen and oxygen atoms in total. The molecule has 1 aromatic carbocycles. The van der Waals surface area contributed by atoms with E-state index < -0.39 is 5.41 Å². The van der Waals surface area contributed by atoms with Crippen molar-refractivity contribution in [3.05, 3.63) is 18.2 Å². The van der Waals surface area contributed by atoms with Gasteiger partial charge in [0, 0.05) is 12.8 Å². The molecule has 0 spiro atoms. The zero-order chi connectivity index (χ0) is 24.8. The zero-order valence-electron chi connectivity index (χ0n) is 21.6. The van der Waals surface area contributed by atoms with Gasteiger partial charge in [-0.2, -0.15) is 0 Å². The van der Waals surface area contributed by atoms with E-state index in [2.05, 4.69) is 36.7 Å². The molecule has 1 aliphatic rings. The number of para-hydroxylation sites is 1. The number of carbonyl (C=O) groups excluding carboxylic acids is 3. The number of anilines is 3. The molecule has 1 fully saturated rings. The highest BCUT2D eigenvalue weighted by molar-refractivity contribution is 6.07. The van der Waals surface area contributed by atoms with E-state index in [4.69, 9.17) is 0 Å². The Morgan fingerprint density at radius 2 is 1.27 bits per heavy atom. The fourth-order valence-electron chi connectivity index (χ4n) is 4.75. The van der Waals surface area contributed by atoms with Crippen molar-refractivity contribution >= 4 is 34.8 Å². The van der Waals surface area contributed by atoms with Gasteiger partial charge in [-0.25, -0.2) is 0 Å².